The first-order valence-electron chi connectivity index (χ1n) is 5.87. The van der Waals surface area contributed by atoms with Crippen LogP contribution in [0.5, 0.6) is 0 Å². The quantitative estimate of drug-likeness (QED) is 0.882. The molecule has 0 spiro atoms. The smallest absolute Gasteiger partial charge is 0.326 e. The van der Waals surface area contributed by atoms with Crippen molar-refractivity contribution in [3.05, 3.63) is 21.9 Å². The Bertz CT molecular complexity index is 445. The van der Waals surface area contributed by atoms with Crippen LogP contribution in [0.3, 0.4) is 0 Å². The summed E-state index contributed by atoms with van der Waals surface area (Å²) >= 11 is 1.34. The molecule has 0 aromatic carbocycles. The molecule has 100 valence electrons. The number of rotatable bonds is 4. The van der Waals surface area contributed by atoms with Crippen LogP contribution in [0.25, 0.3) is 0 Å². The highest BCUT2D eigenvalue weighted by atomic mass is 32.1. The van der Waals surface area contributed by atoms with Gasteiger partial charge >= 0.3 is 5.97 Å². The van der Waals surface area contributed by atoms with Gasteiger partial charge in [0.25, 0.3) is 5.91 Å². The average Bonchev–Trinajstić information content (AvgIpc) is 2.71. The van der Waals surface area contributed by atoms with Crippen molar-refractivity contribution in [3.63, 3.8) is 0 Å². The van der Waals surface area contributed by atoms with Gasteiger partial charge in [-0.05, 0) is 28.8 Å². The maximum Gasteiger partial charge on any atom is 0.326 e. The molecule has 1 amide bonds. The lowest BCUT2D eigenvalue weighted by Crippen LogP contribution is -2.49. The van der Waals surface area contributed by atoms with Crippen LogP contribution in [-0.2, 0) is 11.2 Å². The summed E-state index contributed by atoms with van der Waals surface area (Å²) in [4.78, 5) is 23.9. The van der Waals surface area contributed by atoms with Crippen molar-refractivity contribution in [1.82, 2.24) is 5.32 Å². The Morgan fingerprint density at radius 2 is 2.06 bits per heavy atom. The van der Waals surface area contributed by atoms with E-state index in [2.05, 4.69) is 5.32 Å². The molecule has 0 bridgehead atoms. The van der Waals surface area contributed by atoms with Gasteiger partial charge in [0.1, 0.15) is 6.04 Å². The number of aliphatic carboxylic acids is 1. The van der Waals surface area contributed by atoms with Crippen LogP contribution in [-0.4, -0.2) is 23.0 Å². The van der Waals surface area contributed by atoms with Crippen molar-refractivity contribution in [2.45, 2.75) is 40.2 Å². The fourth-order valence-corrected chi connectivity index (χ4v) is 2.56. The molecule has 0 radical (unpaired) electrons. The van der Waals surface area contributed by atoms with E-state index >= 15 is 0 Å². The van der Waals surface area contributed by atoms with E-state index in [1.54, 1.807) is 20.8 Å². The third-order valence-electron chi connectivity index (χ3n) is 2.72. The van der Waals surface area contributed by atoms with Crippen molar-refractivity contribution >= 4 is 23.2 Å². The Labute approximate surface area is 111 Å². The SMILES string of the molecule is CCc1ccsc1C(=O)N[C@H](C(=O)O)C(C)(C)C. The minimum Gasteiger partial charge on any atom is -0.480 e. The lowest BCUT2D eigenvalue weighted by molar-refractivity contribution is -0.142. The minimum absolute atomic E-state index is 0.302. The van der Waals surface area contributed by atoms with Crippen molar-refractivity contribution in [1.29, 1.82) is 0 Å². The molecule has 0 unspecified atom stereocenters. The Morgan fingerprint density at radius 3 is 2.50 bits per heavy atom. The highest BCUT2D eigenvalue weighted by molar-refractivity contribution is 7.12. The molecule has 2 N–H and O–H groups in total. The zero-order chi connectivity index (χ0) is 13.9. The molecule has 1 aromatic rings. The third kappa shape index (κ3) is 3.32. The average molecular weight is 269 g/mol. The molecule has 0 aliphatic carbocycles. The number of amides is 1. The monoisotopic (exact) mass is 269 g/mol. The Hall–Kier alpha value is -1.36. The Morgan fingerprint density at radius 1 is 1.44 bits per heavy atom. The van der Waals surface area contributed by atoms with E-state index in [1.807, 2.05) is 18.4 Å². The molecular weight excluding hydrogens is 250 g/mol. The predicted octanol–water partition coefficient (Wildman–Crippen LogP) is 2.54. The number of carbonyl (C=O) groups excluding carboxylic acids is 1. The maximum absolute atomic E-state index is 12.1. The second-order valence-electron chi connectivity index (χ2n) is 5.24. The number of thiophene rings is 1. The van der Waals surface area contributed by atoms with E-state index in [0.29, 0.717) is 4.88 Å². The maximum atomic E-state index is 12.1. The number of carboxylic acids is 1. The highest BCUT2D eigenvalue weighted by Gasteiger charge is 2.33. The van der Waals surface area contributed by atoms with Gasteiger partial charge in [-0.15, -0.1) is 11.3 Å². The molecule has 0 aliphatic heterocycles. The summed E-state index contributed by atoms with van der Waals surface area (Å²) in [6.45, 7) is 7.35. The second kappa shape index (κ2) is 5.52. The zero-order valence-electron chi connectivity index (χ0n) is 11.1. The predicted molar refractivity (Wildman–Crippen MR) is 72.0 cm³/mol. The van der Waals surface area contributed by atoms with E-state index in [9.17, 15) is 14.7 Å². The second-order valence-corrected chi connectivity index (χ2v) is 6.16. The van der Waals surface area contributed by atoms with Crippen LogP contribution < -0.4 is 5.32 Å². The van der Waals surface area contributed by atoms with Crippen LogP contribution in [0.1, 0.15) is 42.9 Å². The van der Waals surface area contributed by atoms with Gasteiger partial charge in [-0.1, -0.05) is 27.7 Å². The van der Waals surface area contributed by atoms with Gasteiger partial charge in [0.15, 0.2) is 0 Å². The zero-order valence-corrected chi connectivity index (χ0v) is 11.9. The lowest BCUT2D eigenvalue weighted by atomic mass is 9.86. The Balaban J connectivity index is 2.89. The van der Waals surface area contributed by atoms with E-state index < -0.39 is 17.4 Å². The summed E-state index contributed by atoms with van der Waals surface area (Å²) in [6, 6.07) is 1.00. The fraction of sp³-hybridized carbons (Fsp3) is 0.538. The Kier molecular flexibility index (Phi) is 4.51. The molecule has 1 heterocycles. The normalized spacial score (nSPS) is 13.1. The van der Waals surface area contributed by atoms with Crippen molar-refractivity contribution in [2.24, 2.45) is 5.41 Å². The van der Waals surface area contributed by atoms with Crippen molar-refractivity contribution in [2.75, 3.05) is 0 Å². The largest absolute Gasteiger partial charge is 0.480 e. The highest BCUT2D eigenvalue weighted by Crippen LogP contribution is 2.22. The summed E-state index contributed by atoms with van der Waals surface area (Å²) in [5.41, 5.74) is 0.432. The first-order chi connectivity index (χ1) is 8.27. The van der Waals surface area contributed by atoms with Crippen LogP contribution in [0.2, 0.25) is 0 Å². The van der Waals surface area contributed by atoms with E-state index in [1.165, 1.54) is 11.3 Å². The summed E-state index contributed by atoms with van der Waals surface area (Å²) in [5.74, 6) is -1.31. The number of carboxylic acid groups (broad SMARTS) is 1. The summed E-state index contributed by atoms with van der Waals surface area (Å²) < 4.78 is 0. The number of nitrogens with one attached hydrogen (secondary N) is 1. The van der Waals surface area contributed by atoms with Gasteiger partial charge in [-0.2, -0.15) is 0 Å². The van der Waals surface area contributed by atoms with E-state index in [4.69, 9.17) is 0 Å². The summed E-state index contributed by atoms with van der Waals surface area (Å²) in [5, 5.41) is 13.6. The van der Waals surface area contributed by atoms with Gasteiger partial charge in [-0.3, -0.25) is 4.79 Å². The topological polar surface area (TPSA) is 66.4 Å². The molecule has 1 aromatic heterocycles. The van der Waals surface area contributed by atoms with Gasteiger partial charge < -0.3 is 10.4 Å². The van der Waals surface area contributed by atoms with E-state index in [0.717, 1.165) is 12.0 Å². The van der Waals surface area contributed by atoms with Gasteiger partial charge in [0.05, 0.1) is 4.88 Å². The number of hydrogen-bond donors (Lipinski definition) is 2. The van der Waals surface area contributed by atoms with Crippen molar-refractivity contribution in [3.8, 4) is 0 Å². The van der Waals surface area contributed by atoms with Crippen molar-refractivity contribution < 1.29 is 14.7 Å². The molecule has 5 heteroatoms. The minimum atomic E-state index is -1.01. The molecule has 0 saturated heterocycles. The number of hydrogen-bond acceptors (Lipinski definition) is 3. The molecule has 1 atom stereocenters. The van der Waals surface area contributed by atoms with Gasteiger partial charge in [-0.25, -0.2) is 4.79 Å². The molecule has 0 fully saturated rings. The number of aryl methyl sites for hydroxylation is 1. The van der Waals surface area contributed by atoms with Crippen LogP contribution in [0.15, 0.2) is 11.4 Å². The van der Waals surface area contributed by atoms with E-state index in [-0.39, 0.29) is 5.91 Å². The lowest BCUT2D eigenvalue weighted by Gasteiger charge is -2.27. The fourth-order valence-electron chi connectivity index (χ4n) is 1.66. The van der Waals surface area contributed by atoms with Crippen LogP contribution in [0, 0.1) is 5.41 Å². The van der Waals surface area contributed by atoms with Gasteiger partial charge in [0.2, 0.25) is 0 Å². The first kappa shape index (κ1) is 14.7. The molecular formula is C13H19NO3S. The summed E-state index contributed by atoms with van der Waals surface area (Å²) in [6.07, 6.45) is 0.763. The van der Waals surface area contributed by atoms with Crippen LogP contribution in [0.4, 0.5) is 0 Å². The molecule has 0 saturated carbocycles. The number of carbonyl (C=O) groups is 2. The summed E-state index contributed by atoms with van der Waals surface area (Å²) in [7, 11) is 0. The third-order valence-corrected chi connectivity index (χ3v) is 3.68. The first-order valence-corrected chi connectivity index (χ1v) is 6.75. The standard InChI is InChI=1S/C13H19NO3S/c1-5-8-6-7-18-9(8)11(15)14-10(12(16)17)13(2,3)4/h6-7,10H,5H2,1-4H3,(H,14,15)(H,16,17)/t10-/m1/s1. The molecule has 4 nitrogen and oxygen atoms in total. The van der Waals surface area contributed by atoms with Crippen LogP contribution >= 0.6 is 11.3 Å². The van der Waals surface area contributed by atoms with Gasteiger partial charge in [0, 0.05) is 0 Å². The molecule has 1 rings (SSSR count). The molecule has 18 heavy (non-hydrogen) atoms. The molecule has 0 aliphatic rings.